The molecule has 1 aromatic carbocycles. The van der Waals surface area contributed by atoms with Crippen LogP contribution in [0.1, 0.15) is 43.7 Å². The third-order valence-electron chi connectivity index (χ3n) is 5.25. The number of hydrogen-bond acceptors (Lipinski definition) is 4. The Morgan fingerprint density at radius 3 is 2.86 bits per heavy atom. The molecule has 2 aliphatic rings. The summed E-state index contributed by atoms with van der Waals surface area (Å²) in [4.78, 5) is 18.9. The Hall–Kier alpha value is -2.28. The Kier molecular flexibility index (Phi) is 8.16. The van der Waals surface area contributed by atoms with Gasteiger partial charge >= 0.3 is 0 Å². The molecule has 1 amide bonds. The van der Waals surface area contributed by atoms with Crippen molar-refractivity contribution < 1.29 is 14.3 Å². The predicted molar refractivity (Wildman–Crippen MR) is 114 cm³/mol. The van der Waals surface area contributed by atoms with Crippen LogP contribution in [0, 0.1) is 6.92 Å². The van der Waals surface area contributed by atoms with Crippen LogP contribution in [-0.4, -0.2) is 62.3 Å². The molecule has 0 aliphatic carbocycles. The van der Waals surface area contributed by atoms with Crippen molar-refractivity contribution in [3.05, 3.63) is 29.3 Å². The molecule has 1 unspecified atom stereocenters. The minimum absolute atomic E-state index is 0.113. The standard InChI is InChI=1S/C22H34N4O3/c1-3-23-22(24-10-8-21(27)26-11-4-5-12-26)25-15-18-7-6-17(2)14-20(18)29-19-9-13-28-16-19/h6-7,14,19H,3-5,8-13,15-16H2,1-2H3,(H2,23,24,25). The van der Waals surface area contributed by atoms with Gasteiger partial charge in [0.2, 0.25) is 5.91 Å². The molecule has 7 heteroatoms. The second kappa shape index (κ2) is 11.0. The maximum absolute atomic E-state index is 12.2. The molecule has 1 aromatic rings. The zero-order chi connectivity index (χ0) is 20.5. The summed E-state index contributed by atoms with van der Waals surface area (Å²) in [6.45, 7) is 9.16. The van der Waals surface area contributed by atoms with Crippen LogP contribution >= 0.6 is 0 Å². The molecule has 7 nitrogen and oxygen atoms in total. The number of nitrogens with zero attached hydrogens (tertiary/aromatic N) is 2. The quantitative estimate of drug-likeness (QED) is 0.515. The fraction of sp³-hybridized carbons (Fsp3) is 0.636. The number of benzene rings is 1. The number of ether oxygens (including phenoxy) is 2. The maximum atomic E-state index is 12.2. The van der Waals surface area contributed by atoms with Gasteiger partial charge in [0.05, 0.1) is 19.8 Å². The van der Waals surface area contributed by atoms with Gasteiger partial charge < -0.3 is 25.0 Å². The van der Waals surface area contributed by atoms with Gasteiger partial charge in [-0.1, -0.05) is 12.1 Å². The third-order valence-corrected chi connectivity index (χ3v) is 5.25. The summed E-state index contributed by atoms with van der Waals surface area (Å²) in [5.41, 5.74) is 2.21. The highest BCUT2D eigenvalue weighted by Crippen LogP contribution is 2.24. The first-order valence-corrected chi connectivity index (χ1v) is 10.8. The van der Waals surface area contributed by atoms with Crippen molar-refractivity contribution >= 4 is 11.9 Å². The molecular formula is C22H34N4O3. The molecule has 2 heterocycles. The molecule has 0 aromatic heterocycles. The van der Waals surface area contributed by atoms with Crippen molar-refractivity contribution in [3.63, 3.8) is 0 Å². The van der Waals surface area contributed by atoms with Crippen molar-refractivity contribution in [2.24, 2.45) is 4.99 Å². The highest BCUT2D eigenvalue weighted by molar-refractivity contribution is 5.81. The first-order chi connectivity index (χ1) is 14.2. The molecule has 3 rings (SSSR count). The topological polar surface area (TPSA) is 75.2 Å². The highest BCUT2D eigenvalue weighted by Gasteiger charge is 2.19. The minimum Gasteiger partial charge on any atom is -0.488 e. The highest BCUT2D eigenvalue weighted by atomic mass is 16.5. The van der Waals surface area contributed by atoms with Crippen molar-refractivity contribution in [1.82, 2.24) is 15.5 Å². The predicted octanol–water partition coefficient (Wildman–Crippen LogP) is 2.23. The summed E-state index contributed by atoms with van der Waals surface area (Å²) >= 11 is 0. The lowest BCUT2D eigenvalue weighted by Gasteiger charge is -2.17. The normalized spacial score (nSPS) is 19.4. The number of carbonyl (C=O) groups excluding carboxylic acids is 1. The van der Waals surface area contributed by atoms with E-state index in [0.717, 1.165) is 68.3 Å². The van der Waals surface area contributed by atoms with Crippen LogP contribution in [0.3, 0.4) is 0 Å². The molecule has 0 spiro atoms. The summed E-state index contributed by atoms with van der Waals surface area (Å²) in [6, 6.07) is 6.22. The van der Waals surface area contributed by atoms with E-state index in [9.17, 15) is 4.79 Å². The molecule has 2 N–H and O–H groups in total. The molecule has 29 heavy (non-hydrogen) atoms. The molecular weight excluding hydrogens is 368 g/mol. The van der Waals surface area contributed by atoms with Crippen LogP contribution in [0.5, 0.6) is 5.75 Å². The number of hydrogen-bond donors (Lipinski definition) is 2. The van der Waals surface area contributed by atoms with Gasteiger partial charge in [-0.3, -0.25) is 4.79 Å². The molecule has 1 atom stereocenters. The van der Waals surface area contributed by atoms with Crippen molar-refractivity contribution in [3.8, 4) is 5.75 Å². The molecule has 0 radical (unpaired) electrons. The average Bonchev–Trinajstić information content (AvgIpc) is 3.41. The Balaban J connectivity index is 1.56. The van der Waals surface area contributed by atoms with Crippen LogP contribution in [0.4, 0.5) is 0 Å². The third kappa shape index (κ3) is 6.63. The van der Waals surface area contributed by atoms with E-state index in [2.05, 4.69) is 35.8 Å². The number of aryl methyl sites for hydroxylation is 1. The number of amides is 1. The summed E-state index contributed by atoms with van der Waals surface area (Å²) in [6.07, 6.45) is 3.77. The second-order valence-corrected chi connectivity index (χ2v) is 7.67. The van der Waals surface area contributed by atoms with Gasteiger partial charge in [-0.15, -0.1) is 0 Å². The lowest BCUT2D eigenvalue weighted by atomic mass is 10.1. The van der Waals surface area contributed by atoms with Gasteiger partial charge in [0.25, 0.3) is 0 Å². The number of rotatable bonds is 8. The molecule has 0 bridgehead atoms. The van der Waals surface area contributed by atoms with E-state index in [-0.39, 0.29) is 12.0 Å². The van der Waals surface area contributed by atoms with Crippen LogP contribution in [-0.2, 0) is 16.1 Å². The lowest BCUT2D eigenvalue weighted by Crippen LogP contribution is -2.39. The molecule has 2 aliphatic heterocycles. The Morgan fingerprint density at radius 1 is 1.31 bits per heavy atom. The van der Waals surface area contributed by atoms with E-state index in [0.29, 0.717) is 26.1 Å². The van der Waals surface area contributed by atoms with Gasteiger partial charge in [-0.05, 0) is 38.3 Å². The number of nitrogens with one attached hydrogen (secondary N) is 2. The van der Waals surface area contributed by atoms with Crippen LogP contribution in [0.2, 0.25) is 0 Å². The van der Waals surface area contributed by atoms with Gasteiger partial charge in [0, 0.05) is 44.6 Å². The average molecular weight is 403 g/mol. The number of carbonyl (C=O) groups is 1. The van der Waals surface area contributed by atoms with Crippen molar-refractivity contribution in [2.75, 3.05) is 39.4 Å². The van der Waals surface area contributed by atoms with Crippen molar-refractivity contribution in [2.45, 2.75) is 52.2 Å². The number of aliphatic imine (C=N–C) groups is 1. The van der Waals surface area contributed by atoms with E-state index in [1.807, 2.05) is 11.8 Å². The molecule has 0 saturated carbocycles. The first kappa shape index (κ1) is 21.4. The number of guanidine groups is 1. The smallest absolute Gasteiger partial charge is 0.224 e. The summed E-state index contributed by atoms with van der Waals surface area (Å²) in [7, 11) is 0. The van der Waals surface area contributed by atoms with Gasteiger partial charge in [0.15, 0.2) is 5.96 Å². The number of likely N-dealkylation sites (tertiary alicyclic amines) is 1. The van der Waals surface area contributed by atoms with Crippen LogP contribution < -0.4 is 15.4 Å². The second-order valence-electron chi connectivity index (χ2n) is 7.67. The van der Waals surface area contributed by atoms with Crippen molar-refractivity contribution in [1.29, 1.82) is 0 Å². The lowest BCUT2D eigenvalue weighted by molar-refractivity contribution is -0.129. The summed E-state index contributed by atoms with van der Waals surface area (Å²) < 4.78 is 11.6. The first-order valence-electron chi connectivity index (χ1n) is 10.8. The fourth-order valence-corrected chi connectivity index (χ4v) is 3.61. The monoisotopic (exact) mass is 402 g/mol. The SMILES string of the molecule is CCNC(=NCc1ccc(C)cc1OC1CCOC1)NCCC(=O)N1CCCC1. The molecule has 160 valence electrons. The Labute approximate surface area is 173 Å². The van der Waals surface area contributed by atoms with E-state index in [1.165, 1.54) is 0 Å². The molecule has 2 saturated heterocycles. The summed E-state index contributed by atoms with van der Waals surface area (Å²) in [5.74, 6) is 1.82. The van der Waals surface area contributed by atoms with Crippen LogP contribution in [0.15, 0.2) is 23.2 Å². The van der Waals surface area contributed by atoms with E-state index < -0.39 is 0 Å². The maximum Gasteiger partial charge on any atom is 0.224 e. The van der Waals surface area contributed by atoms with E-state index in [4.69, 9.17) is 14.5 Å². The Morgan fingerprint density at radius 2 is 2.14 bits per heavy atom. The van der Waals surface area contributed by atoms with Gasteiger partial charge in [0.1, 0.15) is 11.9 Å². The largest absolute Gasteiger partial charge is 0.488 e. The Bertz CT molecular complexity index is 695. The van der Waals surface area contributed by atoms with E-state index in [1.54, 1.807) is 0 Å². The zero-order valence-electron chi connectivity index (χ0n) is 17.7. The van der Waals surface area contributed by atoms with Gasteiger partial charge in [-0.25, -0.2) is 4.99 Å². The minimum atomic E-state index is 0.113. The van der Waals surface area contributed by atoms with E-state index >= 15 is 0 Å². The zero-order valence-corrected chi connectivity index (χ0v) is 17.7. The summed E-state index contributed by atoms with van der Waals surface area (Å²) in [5, 5.41) is 6.53. The van der Waals surface area contributed by atoms with Gasteiger partial charge in [-0.2, -0.15) is 0 Å². The molecule has 2 fully saturated rings. The fourth-order valence-electron chi connectivity index (χ4n) is 3.61. The van der Waals surface area contributed by atoms with Crippen LogP contribution in [0.25, 0.3) is 0 Å².